The van der Waals surface area contributed by atoms with Crippen LogP contribution in [0.3, 0.4) is 0 Å². The molecule has 0 amide bonds. The van der Waals surface area contributed by atoms with E-state index in [2.05, 4.69) is 35.2 Å². The molecule has 0 aliphatic heterocycles. The molecule has 1 aromatic heterocycles. The van der Waals surface area contributed by atoms with Crippen molar-refractivity contribution in [3.8, 4) is 17.1 Å². The van der Waals surface area contributed by atoms with Crippen molar-refractivity contribution in [3.63, 3.8) is 0 Å². The number of alkyl halides is 3. The molecule has 0 aliphatic carbocycles. The molecule has 4 rings (SSSR count). The van der Waals surface area contributed by atoms with E-state index >= 15 is 0 Å². The van der Waals surface area contributed by atoms with Gasteiger partial charge in [-0.25, -0.2) is 0 Å². The highest BCUT2D eigenvalue weighted by Crippen LogP contribution is 2.36. The zero-order valence-electron chi connectivity index (χ0n) is 18.3. The zero-order valence-corrected chi connectivity index (χ0v) is 21.3. The number of nitrogens with zero attached hydrogens (tertiary/aromatic N) is 5. The monoisotopic (exact) mass is 586 g/mol. The first kappa shape index (κ1) is 26.9. The maximum absolute atomic E-state index is 12.3. The maximum Gasteiger partial charge on any atom is 0.573 e. The predicted octanol–water partition coefficient (Wildman–Crippen LogP) is 9.08. The zero-order chi connectivity index (χ0) is 26.6. The number of hydrogen-bond donors (Lipinski definition) is 1. The first-order chi connectivity index (χ1) is 17.6. The second-order valence-electron chi connectivity index (χ2n) is 7.25. The quantitative estimate of drug-likeness (QED) is 0.218. The Hall–Kier alpha value is -3.18. The molecule has 0 bridgehead atoms. The Labute approximate surface area is 228 Å². The third-order valence-electron chi connectivity index (χ3n) is 4.52. The summed E-state index contributed by atoms with van der Waals surface area (Å²) in [6.45, 7) is 0.0374. The summed E-state index contributed by atoms with van der Waals surface area (Å²) in [4.78, 5) is 12.9. The first-order valence-corrected chi connectivity index (χ1v) is 11.7. The molecule has 0 saturated heterocycles. The smallest absolute Gasteiger partial charge is 0.406 e. The van der Waals surface area contributed by atoms with Gasteiger partial charge in [0.1, 0.15) is 5.75 Å². The average Bonchev–Trinajstić information content (AvgIpc) is 2.80. The SMILES string of the molecule is FC(F)(F)Oc1ccc(CN=Nc2nc(Nc3ccc(Cl)cc3)nc(-c3c(Cl)cc(Cl)cc3Cl)n2)cc1. The van der Waals surface area contributed by atoms with Crippen molar-refractivity contribution in [1.29, 1.82) is 0 Å². The highest BCUT2D eigenvalue weighted by Gasteiger charge is 2.30. The Morgan fingerprint density at radius 3 is 2.08 bits per heavy atom. The van der Waals surface area contributed by atoms with E-state index in [0.29, 0.717) is 26.9 Å². The number of ether oxygens (including phenoxy) is 1. The van der Waals surface area contributed by atoms with Crippen molar-refractivity contribution in [2.75, 3.05) is 5.32 Å². The largest absolute Gasteiger partial charge is 0.573 e. The van der Waals surface area contributed by atoms with Crippen molar-refractivity contribution < 1.29 is 17.9 Å². The number of azo groups is 1. The molecule has 37 heavy (non-hydrogen) atoms. The lowest BCUT2D eigenvalue weighted by molar-refractivity contribution is -0.274. The lowest BCUT2D eigenvalue weighted by Crippen LogP contribution is -2.16. The molecular formula is C23H13Cl4F3N6O. The molecule has 0 atom stereocenters. The molecule has 0 fully saturated rings. The normalized spacial score (nSPS) is 11.6. The topological polar surface area (TPSA) is 84.7 Å². The average molecular weight is 588 g/mol. The molecule has 0 radical (unpaired) electrons. The van der Waals surface area contributed by atoms with Gasteiger partial charge in [0.05, 0.1) is 22.2 Å². The summed E-state index contributed by atoms with van der Waals surface area (Å²) in [5.74, 6) is -0.178. The number of nitrogens with one attached hydrogen (secondary N) is 1. The van der Waals surface area contributed by atoms with Crippen LogP contribution in [0.15, 0.2) is 70.9 Å². The molecule has 3 aromatic carbocycles. The molecule has 0 saturated carbocycles. The molecule has 0 aliphatic rings. The van der Waals surface area contributed by atoms with Crippen LogP contribution in [-0.2, 0) is 6.54 Å². The van der Waals surface area contributed by atoms with Gasteiger partial charge in [-0.15, -0.1) is 18.3 Å². The van der Waals surface area contributed by atoms with Gasteiger partial charge in [0.25, 0.3) is 5.95 Å². The van der Waals surface area contributed by atoms with E-state index in [4.69, 9.17) is 46.4 Å². The minimum absolute atomic E-state index is 0.0374. The van der Waals surface area contributed by atoms with Crippen molar-refractivity contribution in [2.45, 2.75) is 12.9 Å². The van der Waals surface area contributed by atoms with Gasteiger partial charge in [-0.2, -0.15) is 20.1 Å². The summed E-state index contributed by atoms with van der Waals surface area (Å²) in [7, 11) is 0. The van der Waals surface area contributed by atoms with Gasteiger partial charge in [-0.3, -0.25) is 0 Å². The van der Waals surface area contributed by atoms with Crippen LogP contribution in [-0.4, -0.2) is 21.3 Å². The number of benzene rings is 3. The molecule has 14 heteroatoms. The van der Waals surface area contributed by atoms with Crippen LogP contribution < -0.4 is 10.1 Å². The van der Waals surface area contributed by atoms with Gasteiger partial charge in [-0.05, 0) is 54.1 Å². The van der Waals surface area contributed by atoms with Crippen LogP contribution in [0, 0.1) is 0 Å². The Morgan fingerprint density at radius 2 is 1.46 bits per heavy atom. The molecule has 1 heterocycles. The van der Waals surface area contributed by atoms with E-state index in [9.17, 15) is 13.2 Å². The van der Waals surface area contributed by atoms with Gasteiger partial charge in [0.15, 0.2) is 5.82 Å². The second-order valence-corrected chi connectivity index (χ2v) is 8.94. The molecule has 0 spiro atoms. The van der Waals surface area contributed by atoms with Crippen molar-refractivity contribution in [1.82, 2.24) is 15.0 Å². The third kappa shape index (κ3) is 7.65. The van der Waals surface area contributed by atoms with Gasteiger partial charge in [0.2, 0.25) is 5.95 Å². The number of halogens is 7. The van der Waals surface area contributed by atoms with Gasteiger partial charge in [0, 0.05) is 15.7 Å². The summed E-state index contributed by atoms with van der Waals surface area (Å²) in [6.07, 6.45) is -4.77. The Morgan fingerprint density at radius 1 is 0.811 bits per heavy atom. The van der Waals surface area contributed by atoms with Gasteiger partial charge in [-0.1, -0.05) is 58.5 Å². The van der Waals surface area contributed by atoms with Gasteiger partial charge >= 0.3 is 6.36 Å². The van der Waals surface area contributed by atoms with E-state index in [-0.39, 0.29) is 40.1 Å². The number of rotatable bonds is 7. The molecule has 0 unspecified atom stereocenters. The van der Waals surface area contributed by atoms with Crippen molar-refractivity contribution >= 4 is 64.0 Å². The van der Waals surface area contributed by atoms with E-state index in [1.54, 1.807) is 24.3 Å². The van der Waals surface area contributed by atoms with Crippen molar-refractivity contribution in [2.24, 2.45) is 10.2 Å². The van der Waals surface area contributed by atoms with Crippen LogP contribution in [0.5, 0.6) is 5.75 Å². The van der Waals surface area contributed by atoms with Gasteiger partial charge < -0.3 is 10.1 Å². The van der Waals surface area contributed by atoms with E-state index < -0.39 is 6.36 Å². The Kier molecular flexibility index (Phi) is 8.33. The summed E-state index contributed by atoms with van der Waals surface area (Å²) in [5, 5.41) is 12.4. The van der Waals surface area contributed by atoms with E-state index in [1.165, 1.54) is 36.4 Å². The number of hydrogen-bond acceptors (Lipinski definition) is 7. The fourth-order valence-electron chi connectivity index (χ4n) is 2.97. The molecule has 190 valence electrons. The highest BCUT2D eigenvalue weighted by molar-refractivity contribution is 6.41. The summed E-state index contributed by atoms with van der Waals surface area (Å²) in [5.41, 5.74) is 1.53. The minimum atomic E-state index is -4.77. The van der Waals surface area contributed by atoms with E-state index in [1.807, 2.05) is 0 Å². The fourth-order valence-corrected chi connectivity index (χ4v) is 4.08. The van der Waals surface area contributed by atoms with Crippen LogP contribution in [0.1, 0.15) is 5.56 Å². The standard InChI is InChI=1S/C23H13Cl4F3N6O/c24-13-3-5-15(6-4-13)32-21-33-20(19-17(26)9-14(25)10-18(19)27)34-22(35-21)36-31-11-12-1-7-16(8-2-12)37-23(28,29)30/h1-10H,11H2,(H,32,33,34,35). The first-order valence-electron chi connectivity index (χ1n) is 10.2. The Bertz CT molecular complexity index is 1410. The summed E-state index contributed by atoms with van der Waals surface area (Å²) in [6, 6.07) is 15.0. The number of aromatic nitrogens is 3. The molecule has 4 aromatic rings. The third-order valence-corrected chi connectivity index (χ3v) is 5.59. The number of anilines is 2. The molecular weight excluding hydrogens is 575 g/mol. The van der Waals surface area contributed by atoms with Crippen LogP contribution >= 0.6 is 46.4 Å². The van der Waals surface area contributed by atoms with E-state index in [0.717, 1.165) is 0 Å². The second kappa shape index (κ2) is 11.5. The summed E-state index contributed by atoms with van der Waals surface area (Å²) >= 11 is 24.7. The summed E-state index contributed by atoms with van der Waals surface area (Å²) < 4.78 is 40.9. The maximum atomic E-state index is 12.3. The van der Waals surface area contributed by atoms with Crippen LogP contribution in [0.4, 0.5) is 30.8 Å². The molecule has 7 nitrogen and oxygen atoms in total. The van der Waals surface area contributed by atoms with Crippen molar-refractivity contribution in [3.05, 3.63) is 86.3 Å². The van der Waals surface area contributed by atoms with Crippen LogP contribution in [0.2, 0.25) is 20.1 Å². The predicted molar refractivity (Wildman–Crippen MR) is 136 cm³/mol. The fraction of sp³-hybridized carbons (Fsp3) is 0.0870. The Balaban J connectivity index is 1.62. The molecule has 1 N–H and O–H groups in total. The lowest BCUT2D eigenvalue weighted by Gasteiger charge is -2.10. The highest BCUT2D eigenvalue weighted by atomic mass is 35.5. The lowest BCUT2D eigenvalue weighted by atomic mass is 10.2. The minimum Gasteiger partial charge on any atom is -0.406 e. The van der Waals surface area contributed by atoms with Crippen LogP contribution in [0.25, 0.3) is 11.4 Å².